The lowest BCUT2D eigenvalue weighted by Gasteiger charge is -2.01. The minimum atomic E-state index is 0.245. The number of carbonyl (C=O) groups excluding carboxylic acids is 1. The number of ketones is 1. The van der Waals surface area contributed by atoms with E-state index in [1.165, 1.54) is 0 Å². The van der Waals surface area contributed by atoms with Crippen LogP contribution in [0.3, 0.4) is 0 Å². The highest BCUT2D eigenvalue weighted by molar-refractivity contribution is 6.30. The molecule has 0 spiro atoms. The van der Waals surface area contributed by atoms with E-state index in [0.717, 1.165) is 12.0 Å². The first-order chi connectivity index (χ1) is 7.22. The fourth-order valence-electron chi connectivity index (χ4n) is 1.33. The molecule has 0 aromatic heterocycles. The zero-order valence-corrected chi connectivity index (χ0v) is 9.59. The van der Waals surface area contributed by atoms with E-state index in [2.05, 4.69) is 0 Å². The summed E-state index contributed by atoms with van der Waals surface area (Å²) in [7, 11) is 1.64. The third kappa shape index (κ3) is 4.96. The van der Waals surface area contributed by atoms with Crippen LogP contribution in [0.15, 0.2) is 24.3 Å². The lowest BCUT2D eigenvalue weighted by Crippen LogP contribution is -2.04. The number of benzene rings is 1. The van der Waals surface area contributed by atoms with Crippen molar-refractivity contribution in [2.24, 2.45) is 0 Å². The molecule has 1 rings (SSSR count). The van der Waals surface area contributed by atoms with Crippen molar-refractivity contribution in [2.45, 2.75) is 19.3 Å². The molecule has 0 heterocycles. The van der Waals surface area contributed by atoms with Gasteiger partial charge in [0.15, 0.2) is 0 Å². The predicted octanol–water partition coefficient (Wildman–Crippen LogP) is 2.88. The molecule has 2 nitrogen and oxygen atoms in total. The summed E-state index contributed by atoms with van der Waals surface area (Å²) in [6.07, 6.45) is 1.86. The van der Waals surface area contributed by atoms with Crippen LogP contribution in [0.5, 0.6) is 0 Å². The third-order valence-electron chi connectivity index (χ3n) is 2.12. The molecular formula is C12H15ClO2. The summed E-state index contributed by atoms with van der Waals surface area (Å²) >= 11 is 5.75. The van der Waals surface area contributed by atoms with Crippen molar-refractivity contribution in [1.29, 1.82) is 0 Å². The van der Waals surface area contributed by atoms with Gasteiger partial charge in [-0.2, -0.15) is 0 Å². The van der Waals surface area contributed by atoms with E-state index in [1.54, 1.807) is 19.2 Å². The molecule has 0 unspecified atom stereocenters. The van der Waals surface area contributed by atoms with Crippen molar-refractivity contribution in [3.63, 3.8) is 0 Å². The van der Waals surface area contributed by atoms with Gasteiger partial charge in [-0.3, -0.25) is 4.79 Å². The normalized spacial score (nSPS) is 10.3. The summed E-state index contributed by atoms with van der Waals surface area (Å²) in [6.45, 7) is 0.645. The van der Waals surface area contributed by atoms with Crippen LogP contribution < -0.4 is 0 Å². The zero-order valence-electron chi connectivity index (χ0n) is 8.83. The second-order valence-electron chi connectivity index (χ2n) is 3.44. The first-order valence-electron chi connectivity index (χ1n) is 4.97. The van der Waals surface area contributed by atoms with Crippen molar-refractivity contribution in [1.82, 2.24) is 0 Å². The quantitative estimate of drug-likeness (QED) is 0.698. The smallest absolute Gasteiger partial charge is 0.137 e. The van der Waals surface area contributed by atoms with E-state index in [4.69, 9.17) is 16.3 Å². The number of hydrogen-bond donors (Lipinski definition) is 0. The lowest BCUT2D eigenvalue weighted by atomic mass is 10.1. The van der Waals surface area contributed by atoms with Crippen LogP contribution in [0.2, 0.25) is 5.02 Å². The third-order valence-corrected chi connectivity index (χ3v) is 2.37. The highest BCUT2D eigenvalue weighted by Crippen LogP contribution is 2.10. The summed E-state index contributed by atoms with van der Waals surface area (Å²) < 4.78 is 4.89. The number of carbonyl (C=O) groups is 1. The van der Waals surface area contributed by atoms with Gasteiger partial charge in [0.25, 0.3) is 0 Å². The predicted molar refractivity (Wildman–Crippen MR) is 61.3 cm³/mol. The van der Waals surface area contributed by atoms with E-state index in [9.17, 15) is 4.79 Å². The molecule has 0 N–H and O–H groups in total. The van der Waals surface area contributed by atoms with Crippen molar-refractivity contribution in [3.8, 4) is 0 Å². The Hall–Kier alpha value is -0.860. The van der Waals surface area contributed by atoms with E-state index in [-0.39, 0.29) is 5.78 Å². The number of rotatable bonds is 6. The van der Waals surface area contributed by atoms with Crippen molar-refractivity contribution >= 4 is 17.4 Å². The van der Waals surface area contributed by atoms with E-state index in [0.29, 0.717) is 24.5 Å². The summed E-state index contributed by atoms with van der Waals surface area (Å²) in [6, 6.07) is 7.38. The van der Waals surface area contributed by atoms with Crippen LogP contribution in [0, 0.1) is 0 Å². The average molecular weight is 227 g/mol. The second kappa shape index (κ2) is 6.59. The number of Topliss-reactive ketones (excluding diaryl/α,β-unsaturated/α-hetero) is 1. The van der Waals surface area contributed by atoms with Crippen LogP contribution in [0.1, 0.15) is 18.4 Å². The maximum Gasteiger partial charge on any atom is 0.137 e. The Balaban J connectivity index is 2.34. The Morgan fingerprint density at radius 2 is 2.00 bits per heavy atom. The lowest BCUT2D eigenvalue weighted by molar-refractivity contribution is -0.118. The molecule has 0 bridgehead atoms. The Bertz CT molecular complexity index is 306. The highest BCUT2D eigenvalue weighted by atomic mass is 35.5. The first-order valence-corrected chi connectivity index (χ1v) is 5.35. The Morgan fingerprint density at radius 1 is 1.33 bits per heavy atom. The Morgan fingerprint density at radius 3 is 2.60 bits per heavy atom. The molecule has 0 aliphatic rings. The molecule has 0 fully saturated rings. The minimum absolute atomic E-state index is 0.245. The van der Waals surface area contributed by atoms with Gasteiger partial charge in [0, 0.05) is 31.6 Å². The maximum atomic E-state index is 11.5. The fourth-order valence-corrected chi connectivity index (χ4v) is 1.46. The molecule has 15 heavy (non-hydrogen) atoms. The number of ether oxygens (including phenoxy) is 1. The van der Waals surface area contributed by atoms with Crippen molar-refractivity contribution in [2.75, 3.05) is 13.7 Å². The summed E-state index contributed by atoms with van der Waals surface area (Å²) in [5, 5.41) is 0.700. The van der Waals surface area contributed by atoms with E-state index < -0.39 is 0 Å². The van der Waals surface area contributed by atoms with Gasteiger partial charge in [-0.05, 0) is 24.1 Å². The van der Waals surface area contributed by atoms with E-state index in [1.807, 2.05) is 12.1 Å². The molecule has 0 radical (unpaired) electrons. The van der Waals surface area contributed by atoms with Crippen LogP contribution in [0.4, 0.5) is 0 Å². The van der Waals surface area contributed by atoms with Gasteiger partial charge < -0.3 is 4.74 Å². The summed E-state index contributed by atoms with van der Waals surface area (Å²) in [4.78, 5) is 11.5. The molecule has 0 amide bonds. The fraction of sp³-hybridized carbons (Fsp3) is 0.417. The first kappa shape index (κ1) is 12.2. The maximum absolute atomic E-state index is 11.5. The molecule has 0 aliphatic heterocycles. The molecule has 0 saturated carbocycles. The van der Waals surface area contributed by atoms with Gasteiger partial charge >= 0.3 is 0 Å². The average Bonchev–Trinajstić information content (AvgIpc) is 2.22. The summed E-state index contributed by atoms with van der Waals surface area (Å²) in [5.41, 5.74) is 1.02. The SMILES string of the molecule is COCCCC(=O)Cc1ccc(Cl)cc1. The van der Waals surface area contributed by atoms with Gasteiger partial charge in [-0.15, -0.1) is 0 Å². The van der Waals surface area contributed by atoms with Gasteiger partial charge in [0.2, 0.25) is 0 Å². The zero-order chi connectivity index (χ0) is 11.1. The molecule has 0 atom stereocenters. The Kier molecular flexibility index (Phi) is 5.37. The van der Waals surface area contributed by atoms with Crippen LogP contribution in [-0.2, 0) is 16.0 Å². The van der Waals surface area contributed by atoms with Crippen molar-refractivity contribution < 1.29 is 9.53 Å². The highest BCUT2D eigenvalue weighted by Gasteiger charge is 2.03. The number of hydrogen-bond acceptors (Lipinski definition) is 2. The molecular weight excluding hydrogens is 212 g/mol. The molecule has 82 valence electrons. The van der Waals surface area contributed by atoms with Crippen LogP contribution in [0.25, 0.3) is 0 Å². The molecule has 0 aliphatic carbocycles. The van der Waals surface area contributed by atoms with Crippen LogP contribution in [-0.4, -0.2) is 19.5 Å². The van der Waals surface area contributed by atoms with Crippen LogP contribution >= 0.6 is 11.6 Å². The monoisotopic (exact) mass is 226 g/mol. The number of halogens is 1. The van der Waals surface area contributed by atoms with Gasteiger partial charge in [0.1, 0.15) is 5.78 Å². The summed E-state index contributed by atoms with van der Waals surface area (Å²) in [5.74, 6) is 0.245. The Labute approximate surface area is 95.2 Å². The van der Waals surface area contributed by atoms with Gasteiger partial charge in [0.05, 0.1) is 0 Å². The molecule has 3 heteroatoms. The van der Waals surface area contributed by atoms with Gasteiger partial charge in [-0.25, -0.2) is 0 Å². The van der Waals surface area contributed by atoms with E-state index >= 15 is 0 Å². The topological polar surface area (TPSA) is 26.3 Å². The number of methoxy groups -OCH3 is 1. The van der Waals surface area contributed by atoms with Crippen molar-refractivity contribution in [3.05, 3.63) is 34.9 Å². The largest absolute Gasteiger partial charge is 0.385 e. The molecule has 1 aromatic rings. The minimum Gasteiger partial charge on any atom is -0.385 e. The van der Waals surface area contributed by atoms with Gasteiger partial charge in [-0.1, -0.05) is 23.7 Å². The standard InChI is InChI=1S/C12H15ClO2/c1-15-8-2-3-12(14)9-10-4-6-11(13)7-5-10/h4-7H,2-3,8-9H2,1H3. The molecule has 1 aromatic carbocycles. The molecule has 0 saturated heterocycles. The second-order valence-corrected chi connectivity index (χ2v) is 3.87.